The van der Waals surface area contributed by atoms with Crippen LogP contribution in [0.2, 0.25) is 0 Å². The van der Waals surface area contributed by atoms with Gasteiger partial charge < -0.3 is 10.6 Å². The number of fused-ring (bicyclic) bond motifs is 2. The summed E-state index contributed by atoms with van der Waals surface area (Å²) in [7, 11) is 0. The van der Waals surface area contributed by atoms with Crippen LogP contribution in [0.3, 0.4) is 0 Å². The summed E-state index contributed by atoms with van der Waals surface area (Å²) in [5.41, 5.74) is 7.99. The van der Waals surface area contributed by atoms with E-state index in [4.69, 9.17) is 5.73 Å². The van der Waals surface area contributed by atoms with E-state index in [9.17, 15) is 4.39 Å². The number of aliphatic imine (C=N–C) groups is 1. The minimum Gasteiger partial charge on any atom is -0.369 e. The van der Waals surface area contributed by atoms with Crippen molar-refractivity contribution in [3.8, 4) is 0 Å². The van der Waals surface area contributed by atoms with E-state index in [1.54, 1.807) is 6.08 Å². The molecule has 1 saturated carbocycles. The van der Waals surface area contributed by atoms with E-state index >= 15 is 4.39 Å². The van der Waals surface area contributed by atoms with Crippen LogP contribution in [0.1, 0.15) is 12.7 Å². The lowest BCUT2D eigenvalue weighted by Gasteiger charge is -2.36. The van der Waals surface area contributed by atoms with Crippen molar-refractivity contribution in [2.24, 2.45) is 22.1 Å². The first-order chi connectivity index (χ1) is 14.0. The highest BCUT2D eigenvalue weighted by molar-refractivity contribution is 7.80. The first kappa shape index (κ1) is 18.1. The maximum Gasteiger partial charge on any atom is 0.196 e. The molecule has 5 rings (SSSR count). The molecule has 1 spiro atoms. The van der Waals surface area contributed by atoms with Crippen LogP contribution in [0, 0.1) is 17.2 Å². The zero-order valence-electron chi connectivity index (χ0n) is 15.4. The zero-order valence-corrected chi connectivity index (χ0v) is 16.3. The monoisotopic (exact) mass is 410 g/mol. The van der Waals surface area contributed by atoms with Gasteiger partial charge in [-0.05, 0) is 29.8 Å². The van der Waals surface area contributed by atoms with Gasteiger partial charge in [0.2, 0.25) is 0 Å². The van der Waals surface area contributed by atoms with Crippen LogP contribution in [0.4, 0.5) is 14.5 Å². The lowest BCUT2D eigenvalue weighted by Crippen LogP contribution is -2.45. The van der Waals surface area contributed by atoms with Crippen molar-refractivity contribution >= 4 is 29.8 Å². The summed E-state index contributed by atoms with van der Waals surface area (Å²) >= 11 is 4.61. The molecule has 0 amide bonds. The van der Waals surface area contributed by atoms with Crippen LogP contribution in [0.15, 0.2) is 77.1 Å². The molecule has 4 nitrogen and oxygen atoms in total. The number of benzene rings is 1. The number of hydrogen-bond acceptors (Lipinski definition) is 3. The Bertz CT molecular complexity index is 1150. The van der Waals surface area contributed by atoms with Crippen molar-refractivity contribution in [1.82, 2.24) is 4.98 Å². The summed E-state index contributed by atoms with van der Waals surface area (Å²) < 4.78 is 29.0. The van der Waals surface area contributed by atoms with Gasteiger partial charge in [0.05, 0.1) is 29.4 Å². The normalized spacial score (nSPS) is 27.1. The van der Waals surface area contributed by atoms with E-state index in [0.717, 1.165) is 16.8 Å². The van der Waals surface area contributed by atoms with Gasteiger partial charge >= 0.3 is 0 Å². The smallest absolute Gasteiger partial charge is 0.196 e. The molecule has 2 aromatic rings. The minimum absolute atomic E-state index is 0. The topological polar surface area (TPSA) is 54.5 Å². The number of guanidine groups is 1. The van der Waals surface area contributed by atoms with Crippen molar-refractivity contribution in [3.05, 3.63) is 84.2 Å². The Morgan fingerprint density at radius 2 is 2.17 bits per heavy atom. The molecule has 0 bridgehead atoms. The molecular weight excluding hydrogens is 390 g/mol. The third-order valence-corrected chi connectivity index (χ3v) is 6.37. The molecule has 2 aliphatic carbocycles. The molecule has 1 fully saturated rings. The average Bonchev–Trinajstić information content (AvgIpc) is 3.40. The Morgan fingerprint density at radius 3 is 2.97 bits per heavy atom. The maximum absolute atomic E-state index is 15.1. The molecule has 2 heterocycles. The Kier molecular flexibility index (Phi) is 3.93. The fourth-order valence-electron chi connectivity index (χ4n) is 4.65. The number of para-hydroxylation sites is 1. The number of nitrogens with zero attached hydrogens (tertiary/aromatic N) is 3. The summed E-state index contributed by atoms with van der Waals surface area (Å²) in [5, 5.41) is 0. The van der Waals surface area contributed by atoms with Crippen molar-refractivity contribution in [2.75, 3.05) is 4.90 Å². The molecule has 3 unspecified atom stereocenters. The van der Waals surface area contributed by atoms with E-state index in [0.29, 0.717) is 4.90 Å². The van der Waals surface area contributed by atoms with Crippen molar-refractivity contribution < 1.29 is 10.2 Å². The van der Waals surface area contributed by atoms with Gasteiger partial charge in [0.25, 0.3) is 0 Å². The number of anilines is 1. The summed E-state index contributed by atoms with van der Waals surface area (Å²) in [6.07, 6.45) is 6.68. The molecule has 0 radical (unpaired) electrons. The van der Waals surface area contributed by atoms with Crippen molar-refractivity contribution in [1.29, 1.82) is 0 Å². The Morgan fingerprint density at radius 1 is 1.34 bits per heavy atom. The maximum atomic E-state index is 15.1. The van der Waals surface area contributed by atoms with E-state index in [-0.39, 0.29) is 37.4 Å². The molecule has 1 aliphatic heterocycles. The Balaban J connectivity index is 0.00000218. The van der Waals surface area contributed by atoms with Crippen LogP contribution in [0.25, 0.3) is 5.57 Å². The molecule has 29 heavy (non-hydrogen) atoms. The standard InChI is InChI=1S/C22H18F2N4S.H2/c1-12-13-5-2-8-17(29)19(13)28(20-14-6-3-9-18(24)22(12,14)20)21(25)27-11-16-15(23)7-4-10-26-16;/h2-10,14,20,29H,1,11H2,(H2,25,27);1H. The second kappa shape index (κ2) is 6.29. The lowest BCUT2D eigenvalue weighted by molar-refractivity contribution is 0.497. The van der Waals surface area contributed by atoms with Gasteiger partial charge in [-0.15, -0.1) is 12.6 Å². The highest BCUT2D eigenvalue weighted by atomic mass is 32.1. The molecule has 1 aromatic heterocycles. The summed E-state index contributed by atoms with van der Waals surface area (Å²) in [5.74, 6) is -0.616. The van der Waals surface area contributed by atoms with Gasteiger partial charge in [0, 0.05) is 24.0 Å². The molecule has 3 aliphatic rings. The van der Waals surface area contributed by atoms with Gasteiger partial charge in [-0.1, -0.05) is 30.9 Å². The van der Waals surface area contributed by atoms with E-state index in [2.05, 4.69) is 29.2 Å². The van der Waals surface area contributed by atoms with Crippen LogP contribution in [-0.2, 0) is 6.54 Å². The molecule has 1 aromatic carbocycles. The number of rotatable bonds is 2. The molecule has 2 N–H and O–H groups in total. The molecule has 7 heteroatoms. The first-order valence-electron chi connectivity index (χ1n) is 9.22. The van der Waals surface area contributed by atoms with Crippen molar-refractivity contribution in [2.45, 2.75) is 17.5 Å². The summed E-state index contributed by atoms with van der Waals surface area (Å²) in [6.45, 7) is 4.21. The Hall–Kier alpha value is -2.93. The summed E-state index contributed by atoms with van der Waals surface area (Å²) in [4.78, 5) is 10.9. The molecule has 3 atom stereocenters. The lowest BCUT2D eigenvalue weighted by atomic mass is 9.82. The van der Waals surface area contributed by atoms with E-state index in [1.807, 2.05) is 29.2 Å². The van der Waals surface area contributed by atoms with Crippen LogP contribution < -0.4 is 10.6 Å². The second-order valence-electron chi connectivity index (χ2n) is 7.37. The number of allylic oxidation sites excluding steroid dienone is 2. The first-order valence-corrected chi connectivity index (χ1v) is 9.67. The van der Waals surface area contributed by atoms with Crippen molar-refractivity contribution in [3.63, 3.8) is 0 Å². The van der Waals surface area contributed by atoms with Gasteiger partial charge in [-0.25, -0.2) is 13.8 Å². The predicted octanol–water partition coefficient (Wildman–Crippen LogP) is 4.51. The second-order valence-corrected chi connectivity index (χ2v) is 7.85. The van der Waals surface area contributed by atoms with E-state index < -0.39 is 11.2 Å². The van der Waals surface area contributed by atoms with Crippen LogP contribution in [0.5, 0.6) is 0 Å². The number of nitrogens with two attached hydrogens (primary N) is 1. The fourth-order valence-corrected chi connectivity index (χ4v) is 4.97. The number of aromatic nitrogens is 1. The van der Waals surface area contributed by atoms with Gasteiger partial charge in [-0.3, -0.25) is 4.98 Å². The third kappa shape index (κ3) is 2.37. The zero-order chi connectivity index (χ0) is 20.3. The minimum atomic E-state index is -0.848. The number of thiol groups is 1. The highest BCUT2D eigenvalue weighted by Crippen LogP contribution is 2.72. The van der Waals surface area contributed by atoms with Gasteiger partial charge in [0.1, 0.15) is 11.6 Å². The van der Waals surface area contributed by atoms with Crippen LogP contribution >= 0.6 is 12.6 Å². The van der Waals surface area contributed by atoms with E-state index in [1.165, 1.54) is 24.4 Å². The number of pyridine rings is 1. The largest absolute Gasteiger partial charge is 0.369 e. The Labute approximate surface area is 174 Å². The quantitative estimate of drug-likeness (QED) is 0.435. The van der Waals surface area contributed by atoms with Gasteiger partial charge in [-0.2, -0.15) is 0 Å². The predicted molar refractivity (Wildman–Crippen MR) is 115 cm³/mol. The molecular formula is C22H20F2N4S. The average molecular weight is 410 g/mol. The third-order valence-electron chi connectivity index (χ3n) is 6.01. The summed E-state index contributed by atoms with van der Waals surface area (Å²) in [6, 6.07) is 8.15. The van der Waals surface area contributed by atoms with Crippen LogP contribution in [-0.4, -0.2) is 17.0 Å². The number of hydrogen-bond donors (Lipinski definition) is 2. The highest BCUT2D eigenvalue weighted by Gasteiger charge is 2.73. The molecule has 148 valence electrons. The number of halogens is 2. The molecule has 0 saturated heterocycles. The fraction of sp³-hybridized carbons (Fsp3) is 0.182. The van der Waals surface area contributed by atoms with Gasteiger partial charge in [0.15, 0.2) is 5.96 Å². The SMILES string of the molecule is C=C1c2cccc(S)c2N(C(N)=NCc2ncccc2F)C2C3C=CC=C(F)C132.[HH].